The molecule has 0 heterocycles. The van der Waals surface area contributed by atoms with Crippen LogP contribution >= 0.6 is 0 Å². The maximum atomic E-state index is 2.18. The lowest BCUT2D eigenvalue weighted by Crippen LogP contribution is -1.47. The smallest absolute Gasteiger partial charge is 0.316 e. The molecule has 0 bridgehead atoms. The average molecular weight is 147 g/mol. The molecular weight excluding hydrogens is 129 g/mol. The highest BCUT2D eigenvalue weighted by Gasteiger charge is 1.56. The molecule has 0 unspecified atom stereocenters. The van der Waals surface area contributed by atoms with E-state index < -0.39 is 0 Å². The summed E-state index contributed by atoms with van der Waals surface area (Å²) in [6.07, 6.45) is 2.64. The van der Waals surface area contributed by atoms with E-state index in [9.17, 15) is 0 Å². The summed E-state index contributed by atoms with van der Waals surface area (Å²) in [7, 11) is 0. The summed E-state index contributed by atoms with van der Waals surface area (Å²) in [4.78, 5) is 0. The predicted molar refractivity (Wildman–Crippen MR) is 44.9 cm³/mol. The standard InChI is InChI=1S/C4H10.2Mg.2H2O.4H/c1-3-4-2;;;;;;;;/h3-4H2,1-2H3;;;2*1H2;;;;. The molecule has 0 aliphatic heterocycles. The molecule has 2 nitrogen and oxygen atoms in total. The molecule has 0 spiro atoms. The summed E-state index contributed by atoms with van der Waals surface area (Å²) in [6.45, 7) is 4.36. The number of hydrogen-bond acceptors (Lipinski definition) is 0. The van der Waals surface area contributed by atoms with Crippen LogP contribution in [0.5, 0.6) is 0 Å². The normalized spacial score (nSPS) is 3.75. The summed E-state index contributed by atoms with van der Waals surface area (Å²) < 4.78 is 0. The Morgan fingerprint density at radius 3 is 0.875 bits per heavy atom. The number of unbranched alkanes of at least 4 members (excludes halogenated alkanes) is 1. The van der Waals surface area contributed by atoms with Crippen LogP contribution in [0.2, 0.25) is 0 Å². The molecule has 0 rings (SSSR count). The van der Waals surface area contributed by atoms with Crippen molar-refractivity contribution in [3.8, 4) is 0 Å². The van der Waals surface area contributed by atoms with Gasteiger partial charge in [-0.25, -0.2) is 0 Å². The molecule has 4 N–H and O–H groups in total. The summed E-state index contributed by atoms with van der Waals surface area (Å²) >= 11 is 0. The Bertz CT molecular complexity index is 14.0. The lowest BCUT2D eigenvalue weighted by molar-refractivity contribution is 0.823. The van der Waals surface area contributed by atoms with E-state index in [0.717, 1.165) is 0 Å². The summed E-state index contributed by atoms with van der Waals surface area (Å²) in [6, 6.07) is 0. The number of hydrogen-bond donors (Lipinski definition) is 0. The van der Waals surface area contributed by atoms with Crippen LogP contribution in [0, 0.1) is 0 Å². The minimum atomic E-state index is 0. The summed E-state index contributed by atoms with van der Waals surface area (Å²) in [5.74, 6) is 0. The highest BCUT2D eigenvalue weighted by atomic mass is 24.3. The van der Waals surface area contributed by atoms with Gasteiger partial charge in [-0.2, -0.15) is 0 Å². The zero-order valence-electron chi connectivity index (χ0n) is 4.41. The second kappa shape index (κ2) is 39.4. The third-order valence-corrected chi connectivity index (χ3v) is 0.500. The van der Waals surface area contributed by atoms with Gasteiger partial charge in [0.15, 0.2) is 0 Å². The third kappa shape index (κ3) is 51.6. The van der Waals surface area contributed by atoms with Crippen molar-refractivity contribution < 1.29 is 11.0 Å². The highest BCUT2D eigenvalue weighted by Crippen LogP contribution is 1.76. The van der Waals surface area contributed by atoms with Crippen molar-refractivity contribution in [3.63, 3.8) is 0 Å². The summed E-state index contributed by atoms with van der Waals surface area (Å²) in [5, 5.41) is 0. The van der Waals surface area contributed by atoms with Crippen LogP contribution in [0.3, 0.4) is 0 Å². The average Bonchev–Trinajstić information content (AvgIpc) is 1.37. The van der Waals surface area contributed by atoms with Crippen molar-refractivity contribution in [3.05, 3.63) is 0 Å². The van der Waals surface area contributed by atoms with Crippen LogP contribution in [-0.4, -0.2) is 57.1 Å². The Kier molecular flexibility index (Phi) is 168. The monoisotopic (exact) mass is 146 g/mol. The molecule has 0 aromatic rings. The van der Waals surface area contributed by atoms with Crippen molar-refractivity contribution in [1.82, 2.24) is 0 Å². The van der Waals surface area contributed by atoms with Crippen molar-refractivity contribution in [2.24, 2.45) is 0 Å². The first-order valence-electron chi connectivity index (χ1n) is 1.91. The summed E-state index contributed by atoms with van der Waals surface area (Å²) in [5.41, 5.74) is 0. The largest absolute Gasteiger partial charge is 0.412 e. The maximum Gasteiger partial charge on any atom is 0.316 e. The highest BCUT2D eigenvalue weighted by molar-refractivity contribution is 5.76. The van der Waals surface area contributed by atoms with Gasteiger partial charge in [0.25, 0.3) is 0 Å². The van der Waals surface area contributed by atoms with E-state index >= 15 is 0 Å². The van der Waals surface area contributed by atoms with Crippen LogP contribution in [0.15, 0.2) is 0 Å². The molecule has 8 heavy (non-hydrogen) atoms. The molecule has 0 saturated carbocycles. The molecule has 4 heteroatoms. The van der Waals surface area contributed by atoms with Gasteiger partial charge in [-0.05, 0) is 0 Å². The Balaban J connectivity index is -0.00000000750. The molecule has 0 aromatic heterocycles. The Hall–Kier alpha value is 1.45. The van der Waals surface area contributed by atoms with Gasteiger partial charge < -0.3 is 11.0 Å². The second-order valence-corrected chi connectivity index (χ2v) is 1.000. The van der Waals surface area contributed by atoms with Gasteiger partial charge in [0.1, 0.15) is 0 Å². The molecule has 0 amide bonds. The quantitative estimate of drug-likeness (QED) is 0.397. The van der Waals surface area contributed by atoms with Crippen molar-refractivity contribution in [2.75, 3.05) is 0 Å². The Morgan fingerprint density at radius 1 is 0.750 bits per heavy atom. The predicted octanol–water partition coefficient (Wildman–Crippen LogP) is -1.68. The molecular formula is C4H18Mg2O2. The zero-order valence-corrected chi connectivity index (χ0v) is 4.41. The van der Waals surface area contributed by atoms with Crippen molar-refractivity contribution in [1.29, 1.82) is 0 Å². The van der Waals surface area contributed by atoms with Crippen LogP contribution in [0.1, 0.15) is 26.7 Å². The number of rotatable bonds is 1. The first kappa shape index (κ1) is 34.1. The van der Waals surface area contributed by atoms with Crippen LogP contribution in [-0.2, 0) is 0 Å². The SMILES string of the molecule is CCCC.O.O.[MgH2].[MgH2]. The molecule has 50 valence electrons. The van der Waals surface area contributed by atoms with Gasteiger partial charge in [-0.15, -0.1) is 0 Å². The van der Waals surface area contributed by atoms with Gasteiger partial charge in [-0.1, -0.05) is 26.7 Å². The van der Waals surface area contributed by atoms with E-state index in [-0.39, 0.29) is 57.1 Å². The zero-order chi connectivity index (χ0) is 3.41. The molecule has 0 aliphatic rings. The maximum absolute atomic E-state index is 2.18. The third-order valence-electron chi connectivity index (χ3n) is 0.500. The van der Waals surface area contributed by atoms with Crippen molar-refractivity contribution in [2.45, 2.75) is 26.7 Å². The van der Waals surface area contributed by atoms with Gasteiger partial charge in [0.05, 0.1) is 0 Å². The van der Waals surface area contributed by atoms with Crippen molar-refractivity contribution >= 4 is 46.1 Å². The Morgan fingerprint density at radius 2 is 0.875 bits per heavy atom. The minimum Gasteiger partial charge on any atom is -0.412 e. The first-order valence-corrected chi connectivity index (χ1v) is 1.91. The minimum absolute atomic E-state index is 0. The van der Waals surface area contributed by atoms with Gasteiger partial charge in [-0.3, -0.25) is 0 Å². The fourth-order valence-corrected chi connectivity index (χ4v) is 0. The second-order valence-electron chi connectivity index (χ2n) is 1.000. The lowest BCUT2D eigenvalue weighted by atomic mass is 10.4. The van der Waals surface area contributed by atoms with Crippen LogP contribution in [0.4, 0.5) is 0 Å². The van der Waals surface area contributed by atoms with E-state index in [1.165, 1.54) is 12.8 Å². The van der Waals surface area contributed by atoms with E-state index in [0.29, 0.717) is 0 Å². The van der Waals surface area contributed by atoms with E-state index in [4.69, 9.17) is 0 Å². The van der Waals surface area contributed by atoms with E-state index in [2.05, 4.69) is 13.8 Å². The molecule has 0 fully saturated rings. The molecule has 0 saturated heterocycles. The lowest BCUT2D eigenvalue weighted by Gasteiger charge is -1.68. The van der Waals surface area contributed by atoms with E-state index in [1.54, 1.807) is 0 Å². The fourth-order valence-electron chi connectivity index (χ4n) is 0. The Labute approximate surface area is 83.3 Å². The van der Waals surface area contributed by atoms with Gasteiger partial charge in [0.2, 0.25) is 0 Å². The molecule has 0 aliphatic carbocycles. The molecule has 0 aromatic carbocycles. The first-order chi connectivity index (χ1) is 1.91. The van der Waals surface area contributed by atoms with Crippen LogP contribution < -0.4 is 0 Å². The topological polar surface area (TPSA) is 63.0 Å². The fraction of sp³-hybridized carbons (Fsp3) is 1.00. The van der Waals surface area contributed by atoms with Crippen LogP contribution in [0.25, 0.3) is 0 Å². The van der Waals surface area contributed by atoms with Gasteiger partial charge >= 0.3 is 46.1 Å². The molecule has 0 atom stereocenters. The van der Waals surface area contributed by atoms with Gasteiger partial charge in [0, 0.05) is 0 Å². The molecule has 0 radical (unpaired) electrons. The van der Waals surface area contributed by atoms with E-state index in [1.807, 2.05) is 0 Å².